The van der Waals surface area contributed by atoms with E-state index in [1.807, 2.05) is 76.1 Å². The van der Waals surface area contributed by atoms with Gasteiger partial charge in [0.1, 0.15) is 11.4 Å². The Morgan fingerprint density at radius 3 is 1.93 bits per heavy atom. The van der Waals surface area contributed by atoms with Gasteiger partial charge in [-0.2, -0.15) is 5.26 Å². The molecule has 0 amide bonds. The standard InChI is InChI=1S/C21H20N3O2P/c22-14-13-21(20-12-7-17-26-20)27(25)23(18-8-3-1-4-9-18)15-16-24(27)19-10-5-2-6-11-19/h1-12,17,21H,13,15-16H2. The Labute approximate surface area is 158 Å². The molecule has 0 N–H and O–H groups in total. The number of anilines is 2. The van der Waals surface area contributed by atoms with Gasteiger partial charge < -0.3 is 13.8 Å². The minimum absolute atomic E-state index is 0.122. The van der Waals surface area contributed by atoms with Crippen LogP contribution in [-0.4, -0.2) is 13.1 Å². The van der Waals surface area contributed by atoms with Crippen molar-refractivity contribution in [1.82, 2.24) is 0 Å². The van der Waals surface area contributed by atoms with Crippen LogP contribution in [0.5, 0.6) is 0 Å². The van der Waals surface area contributed by atoms with Crippen LogP contribution in [0.4, 0.5) is 11.4 Å². The summed E-state index contributed by atoms with van der Waals surface area (Å²) in [5, 5.41) is 9.47. The highest BCUT2D eigenvalue weighted by molar-refractivity contribution is 7.68. The summed E-state index contributed by atoms with van der Waals surface area (Å²) in [6.07, 6.45) is 1.69. The Morgan fingerprint density at radius 2 is 1.48 bits per heavy atom. The van der Waals surface area contributed by atoms with Gasteiger partial charge in [-0.3, -0.25) is 4.57 Å². The van der Waals surface area contributed by atoms with E-state index in [2.05, 4.69) is 6.07 Å². The molecule has 0 bridgehead atoms. The summed E-state index contributed by atoms with van der Waals surface area (Å²) in [6, 6.07) is 25.3. The number of benzene rings is 2. The zero-order valence-electron chi connectivity index (χ0n) is 14.8. The molecule has 0 saturated carbocycles. The van der Waals surface area contributed by atoms with Crippen molar-refractivity contribution in [2.45, 2.75) is 12.1 Å². The zero-order chi connectivity index (χ0) is 18.7. The average molecular weight is 377 g/mol. The maximum absolute atomic E-state index is 14.7. The molecule has 136 valence electrons. The molecule has 3 aromatic rings. The Balaban J connectivity index is 1.87. The van der Waals surface area contributed by atoms with Crippen molar-refractivity contribution in [2.24, 2.45) is 0 Å². The van der Waals surface area contributed by atoms with E-state index >= 15 is 0 Å². The number of hydrogen-bond acceptors (Lipinski definition) is 3. The maximum atomic E-state index is 14.7. The van der Waals surface area contributed by atoms with E-state index < -0.39 is 13.1 Å². The van der Waals surface area contributed by atoms with E-state index in [1.165, 1.54) is 0 Å². The first-order chi connectivity index (χ1) is 13.2. The van der Waals surface area contributed by atoms with Crippen LogP contribution in [0.1, 0.15) is 17.8 Å². The second-order valence-corrected chi connectivity index (χ2v) is 9.17. The third-order valence-electron chi connectivity index (χ3n) is 4.89. The molecule has 1 atom stereocenters. The molecule has 2 aromatic carbocycles. The summed E-state index contributed by atoms with van der Waals surface area (Å²) in [6.45, 7) is 1.25. The van der Waals surface area contributed by atoms with Crippen molar-refractivity contribution in [2.75, 3.05) is 22.4 Å². The van der Waals surface area contributed by atoms with Gasteiger partial charge in [0.15, 0.2) is 0 Å². The largest absolute Gasteiger partial charge is 0.468 e. The predicted octanol–water partition coefficient (Wildman–Crippen LogP) is 5.45. The molecule has 1 fully saturated rings. The lowest BCUT2D eigenvalue weighted by molar-refractivity contribution is 0.490. The first-order valence-corrected chi connectivity index (χ1v) is 10.6. The molecule has 5 nitrogen and oxygen atoms in total. The molecule has 1 saturated heterocycles. The minimum atomic E-state index is -3.20. The van der Waals surface area contributed by atoms with Gasteiger partial charge in [0, 0.05) is 24.5 Å². The monoisotopic (exact) mass is 377 g/mol. The number of rotatable bonds is 5. The highest BCUT2D eigenvalue weighted by atomic mass is 31.2. The van der Waals surface area contributed by atoms with Crippen molar-refractivity contribution in [1.29, 1.82) is 5.26 Å². The summed E-state index contributed by atoms with van der Waals surface area (Å²) in [5.41, 5.74) is 1.27. The fourth-order valence-electron chi connectivity index (χ4n) is 3.68. The normalized spacial score (nSPS) is 16.9. The average Bonchev–Trinajstić information content (AvgIpc) is 3.36. The van der Waals surface area contributed by atoms with Crippen LogP contribution in [0.25, 0.3) is 0 Å². The summed E-state index contributed by atoms with van der Waals surface area (Å²) in [5.74, 6) is 0.587. The van der Waals surface area contributed by atoms with Gasteiger partial charge in [-0.25, -0.2) is 0 Å². The second-order valence-electron chi connectivity index (χ2n) is 6.40. The Morgan fingerprint density at radius 1 is 0.926 bits per heavy atom. The third-order valence-corrected chi connectivity index (χ3v) is 8.38. The molecule has 0 radical (unpaired) electrons. The van der Waals surface area contributed by atoms with Crippen LogP contribution in [0.3, 0.4) is 0 Å². The smallest absolute Gasteiger partial charge is 0.274 e. The molecule has 1 unspecified atom stereocenters. The van der Waals surface area contributed by atoms with Crippen LogP contribution in [0.2, 0.25) is 0 Å². The van der Waals surface area contributed by atoms with Gasteiger partial charge in [0.25, 0.3) is 7.44 Å². The lowest BCUT2D eigenvalue weighted by Crippen LogP contribution is -2.23. The van der Waals surface area contributed by atoms with Crippen molar-refractivity contribution < 1.29 is 8.98 Å². The lowest BCUT2D eigenvalue weighted by Gasteiger charge is -2.36. The topological polar surface area (TPSA) is 60.5 Å². The van der Waals surface area contributed by atoms with Crippen molar-refractivity contribution in [3.8, 4) is 6.07 Å². The highest BCUT2D eigenvalue weighted by Crippen LogP contribution is 2.69. The molecule has 0 spiro atoms. The van der Waals surface area contributed by atoms with E-state index in [-0.39, 0.29) is 6.42 Å². The molecule has 1 aliphatic heterocycles. The van der Waals surface area contributed by atoms with E-state index in [0.29, 0.717) is 18.8 Å². The second kappa shape index (κ2) is 7.34. The molecular weight excluding hydrogens is 357 g/mol. The molecule has 27 heavy (non-hydrogen) atoms. The molecule has 2 heterocycles. The number of hydrogen-bond donors (Lipinski definition) is 0. The van der Waals surface area contributed by atoms with Gasteiger partial charge in [-0.05, 0) is 36.4 Å². The van der Waals surface area contributed by atoms with Crippen LogP contribution in [0.15, 0.2) is 83.5 Å². The van der Waals surface area contributed by atoms with Gasteiger partial charge in [0.2, 0.25) is 0 Å². The summed E-state index contributed by atoms with van der Waals surface area (Å²) >= 11 is 0. The van der Waals surface area contributed by atoms with Crippen molar-refractivity contribution in [3.05, 3.63) is 84.8 Å². The lowest BCUT2D eigenvalue weighted by atomic mass is 10.2. The summed E-state index contributed by atoms with van der Waals surface area (Å²) < 4.78 is 24.2. The molecular formula is C21H20N3O2P. The molecule has 4 rings (SSSR count). The number of nitriles is 1. The van der Waals surface area contributed by atoms with Crippen molar-refractivity contribution >= 4 is 18.8 Å². The van der Waals surface area contributed by atoms with Gasteiger partial charge >= 0.3 is 0 Å². The third kappa shape index (κ3) is 3.03. The first-order valence-electron chi connectivity index (χ1n) is 8.91. The van der Waals surface area contributed by atoms with E-state index in [1.54, 1.807) is 12.3 Å². The fraction of sp³-hybridized carbons (Fsp3) is 0.190. The van der Waals surface area contributed by atoms with Gasteiger partial charge in [-0.1, -0.05) is 36.4 Å². The molecule has 1 aliphatic rings. The molecule has 0 aliphatic carbocycles. The maximum Gasteiger partial charge on any atom is 0.274 e. The fourth-order valence-corrected chi connectivity index (χ4v) is 7.10. The zero-order valence-corrected chi connectivity index (χ0v) is 15.7. The van der Waals surface area contributed by atoms with Crippen LogP contribution in [0, 0.1) is 11.3 Å². The summed E-state index contributed by atoms with van der Waals surface area (Å²) in [7, 11) is -3.20. The Bertz CT molecular complexity index is 916. The van der Waals surface area contributed by atoms with E-state index in [9.17, 15) is 9.83 Å². The van der Waals surface area contributed by atoms with Crippen LogP contribution in [-0.2, 0) is 4.57 Å². The minimum Gasteiger partial charge on any atom is -0.468 e. The van der Waals surface area contributed by atoms with Crippen LogP contribution >= 0.6 is 7.44 Å². The number of para-hydroxylation sites is 2. The van der Waals surface area contributed by atoms with E-state index in [4.69, 9.17) is 4.42 Å². The van der Waals surface area contributed by atoms with Crippen LogP contribution < -0.4 is 9.34 Å². The Kier molecular flexibility index (Phi) is 4.75. The quantitative estimate of drug-likeness (QED) is 0.553. The van der Waals surface area contributed by atoms with Crippen molar-refractivity contribution in [3.63, 3.8) is 0 Å². The first kappa shape index (κ1) is 17.5. The Hall–Kier alpha value is -2.96. The SMILES string of the molecule is N#CCC(c1ccco1)P1(=O)N(c2ccccc2)CCN1c1ccccc1. The number of furan rings is 1. The van der Waals surface area contributed by atoms with Gasteiger partial charge in [-0.15, -0.1) is 0 Å². The highest BCUT2D eigenvalue weighted by Gasteiger charge is 2.50. The summed E-state index contributed by atoms with van der Waals surface area (Å²) in [4.78, 5) is 0. The van der Waals surface area contributed by atoms with E-state index in [0.717, 1.165) is 11.4 Å². The molecule has 1 aromatic heterocycles. The molecule has 6 heteroatoms. The predicted molar refractivity (Wildman–Crippen MR) is 107 cm³/mol. The van der Waals surface area contributed by atoms with Gasteiger partial charge in [0.05, 0.1) is 18.8 Å². The number of nitrogens with zero attached hydrogens (tertiary/aromatic N) is 3.